The van der Waals surface area contributed by atoms with Crippen molar-refractivity contribution in [1.29, 1.82) is 0 Å². The molecule has 0 bridgehead atoms. The van der Waals surface area contributed by atoms with Crippen molar-refractivity contribution in [1.82, 2.24) is 4.90 Å². The first-order valence-corrected chi connectivity index (χ1v) is 7.42. The number of anilines is 1. The molecule has 1 aromatic rings. The SMILES string of the molecule is O=C1CC(=O)N(C2CCCCC2)C(=O)N1c1ccccc1. The molecular formula is C16H18N2O3. The molecule has 0 radical (unpaired) electrons. The highest BCUT2D eigenvalue weighted by Gasteiger charge is 2.42. The number of hydrogen-bond acceptors (Lipinski definition) is 3. The second kappa shape index (κ2) is 5.68. The van der Waals surface area contributed by atoms with E-state index in [1.807, 2.05) is 6.07 Å². The topological polar surface area (TPSA) is 57.7 Å². The first-order chi connectivity index (χ1) is 10.2. The maximum Gasteiger partial charge on any atom is 0.338 e. The van der Waals surface area contributed by atoms with Crippen LogP contribution in [0.2, 0.25) is 0 Å². The first-order valence-electron chi connectivity index (χ1n) is 7.42. The fourth-order valence-corrected chi connectivity index (χ4v) is 3.15. The van der Waals surface area contributed by atoms with Crippen LogP contribution in [0.4, 0.5) is 10.5 Å². The lowest BCUT2D eigenvalue weighted by molar-refractivity contribution is -0.136. The summed E-state index contributed by atoms with van der Waals surface area (Å²) in [4.78, 5) is 39.4. The van der Waals surface area contributed by atoms with E-state index < -0.39 is 11.9 Å². The van der Waals surface area contributed by atoms with Crippen molar-refractivity contribution in [2.45, 2.75) is 44.6 Å². The number of para-hydroxylation sites is 1. The maximum atomic E-state index is 12.7. The van der Waals surface area contributed by atoms with Gasteiger partial charge in [0.2, 0.25) is 11.8 Å². The Balaban J connectivity index is 1.89. The van der Waals surface area contributed by atoms with E-state index in [0.29, 0.717) is 5.69 Å². The molecule has 21 heavy (non-hydrogen) atoms. The van der Waals surface area contributed by atoms with Gasteiger partial charge in [-0.05, 0) is 25.0 Å². The number of hydrogen-bond donors (Lipinski definition) is 0. The minimum atomic E-state index is -0.491. The third-order valence-electron chi connectivity index (χ3n) is 4.17. The van der Waals surface area contributed by atoms with E-state index in [2.05, 4.69) is 0 Å². The second-order valence-electron chi connectivity index (χ2n) is 5.58. The van der Waals surface area contributed by atoms with E-state index in [9.17, 15) is 14.4 Å². The van der Waals surface area contributed by atoms with Crippen molar-refractivity contribution in [3.8, 4) is 0 Å². The van der Waals surface area contributed by atoms with Gasteiger partial charge in [-0.25, -0.2) is 9.69 Å². The van der Waals surface area contributed by atoms with Crippen molar-refractivity contribution in [2.24, 2.45) is 0 Å². The van der Waals surface area contributed by atoms with Crippen LogP contribution in [0.25, 0.3) is 0 Å². The van der Waals surface area contributed by atoms with Gasteiger partial charge < -0.3 is 0 Å². The highest BCUT2D eigenvalue weighted by Crippen LogP contribution is 2.28. The predicted octanol–water partition coefficient (Wildman–Crippen LogP) is 2.70. The summed E-state index contributed by atoms with van der Waals surface area (Å²) in [5, 5.41) is 0. The highest BCUT2D eigenvalue weighted by atomic mass is 16.2. The van der Waals surface area contributed by atoms with E-state index in [-0.39, 0.29) is 18.4 Å². The van der Waals surface area contributed by atoms with Crippen LogP contribution in [0.5, 0.6) is 0 Å². The number of urea groups is 1. The summed E-state index contributed by atoms with van der Waals surface area (Å²) in [6, 6.07) is 8.25. The molecule has 2 aliphatic rings. The minimum Gasteiger partial charge on any atom is -0.274 e. The molecule has 5 heteroatoms. The van der Waals surface area contributed by atoms with Gasteiger partial charge in [0.15, 0.2) is 0 Å². The Kier molecular flexibility index (Phi) is 3.73. The van der Waals surface area contributed by atoms with Gasteiger partial charge in [0.1, 0.15) is 6.42 Å². The number of carbonyl (C=O) groups excluding carboxylic acids is 3. The van der Waals surface area contributed by atoms with Crippen LogP contribution in [0.15, 0.2) is 30.3 Å². The Morgan fingerprint density at radius 2 is 1.52 bits per heavy atom. The molecule has 1 aliphatic heterocycles. The molecule has 4 amide bonds. The predicted molar refractivity (Wildman–Crippen MR) is 77.7 cm³/mol. The molecular weight excluding hydrogens is 268 g/mol. The molecule has 1 aromatic carbocycles. The van der Waals surface area contributed by atoms with E-state index in [1.54, 1.807) is 24.3 Å². The number of carbonyl (C=O) groups is 3. The second-order valence-corrected chi connectivity index (χ2v) is 5.58. The van der Waals surface area contributed by atoms with Crippen LogP contribution in [0, 0.1) is 0 Å². The molecule has 0 N–H and O–H groups in total. The van der Waals surface area contributed by atoms with Crippen molar-refractivity contribution in [3.63, 3.8) is 0 Å². The summed E-state index contributed by atoms with van der Waals surface area (Å²) in [6.07, 6.45) is 4.66. The Hall–Kier alpha value is -2.17. The Labute approximate surface area is 123 Å². The summed E-state index contributed by atoms with van der Waals surface area (Å²) in [6.45, 7) is 0. The number of amides is 4. The van der Waals surface area contributed by atoms with Crippen LogP contribution in [-0.2, 0) is 9.59 Å². The Bertz CT molecular complexity index is 564. The van der Waals surface area contributed by atoms with Gasteiger partial charge in [-0.2, -0.15) is 0 Å². The molecule has 110 valence electrons. The van der Waals surface area contributed by atoms with E-state index in [4.69, 9.17) is 0 Å². The monoisotopic (exact) mass is 286 g/mol. The fourth-order valence-electron chi connectivity index (χ4n) is 3.15. The molecule has 1 aliphatic carbocycles. The molecule has 1 saturated heterocycles. The summed E-state index contributed by atoms with van der Waals surface area (Å²) in [5.74, 6) is -0.799. The third kappa shape index (κ3) is 2.55. The van der Waals surface area contributed by atoms with Gasteiger partial charge >= 0.3 is 6.03 Å². The average molecular weight is 286 g/mol. The van der Waals surface area contributed by atoms with E-state index in [0.717, 1.165) is 37.0 Å². The van der Waals surface area contributed by atoms with Crippen LogP contribution < -0.4 is 4.90 Å². The number of benzene rings is 1. The smallest absolute Gasteiger partial charge is 0.274 e. The summed E-state index contributed by atoms with van der Waals surface area (Å²) in [5.41, 5.74) is 0.529. The number of barbiturate groups is 1. The van der Waals surface area contributed by atoms with Gasteiger partial charge in [-0.1, -0.05) is 37.5 Å². The van der Waals surface area contributed by atoms with Crippen molar-refractivity contribution < 1.29 is 14.4 Å². The largest absolute Gasteiger partial charge is 0.338 e. The van der Waals surface area contributed by atoms with Crippen LogP contribution in [-0.4, -0.2) is 28.8 Å². The van der Waals surface area contributed by atoms with Crippen LogP contribution in [0.1, 0.15) is 38.5 Å². The summed E-state index contributed by atoms with van der Waals surface area (Å²) >= 11 is 0. The van der Waals surface area contributed by atoms with Gasteiger partial charge in [0.25, 0.3) is 0 Å². The Morgan fingerprint density at radius 3 is 2.19 bits per heavy atom. The van der Waals surface area contributed by atoms with Gasteiger partial charge in [-0.15, -0.1) is 0 Å². The minimum absolute atomic E-state index is 0.0573. The number of nitrogens with zero attached hydrogens (tertiary/aromatic N) is 2. The molecule has 0 spiro atoms. The maximum absolute atomic E-state index is 12.7. The molecule has 0 atom stereocenters. The number of imide groups is 2. The fraction of sp³-hybridized carbons (Fsp3) is 0.438. The zero-order valence-electron chi connectivity index (χ0n) is 11.8. The number of rotatable bonds is 2. The lowest BCUT2D eigenvalue weighted by Gasteiger charge is -2.38. The van der Waals surface area contributed by atoms with E-state index in [1.165, 1.54) is 4.90 Å². The lowest BCUT2D eigenvalue weighted by atomic mass is 9.93. The zero-order valence-corrected chi connectivity index (χ0v) is 11.8. The lowest BCUT2D eigenvalue weighted by Crippen LogP contribution is -2.58. The zero-order chi connectivity index (χ0) is 14.8. The molecule has 5 nitrogen and oxygen atoms in total. The van der Waals surface area contributed by atoms with E-state index >= 15 is 0 Å². The van der Waals surface area contributed by atoms with Gasteiger partial charge in [0, 0.05) is 6.04 Å². The quantitative estimate of drug-likeness (QED) is 0.785. The average Bonchev–Trinajstić information content (AvgIpc) is 2.49. The van der Waals surface area contributed by atoms with Crippen molar-refractivity contribution in [3.05, 3.63) is 30.3 Å². The molecule has 3 rings (SSSR count). The normalized spacial score (nSPS) is 21.0. The molecule has 1 heterocycles. The molecule has 0 aromatic heterocycles. The van der Waals surface area contributed by atoms with Crippen molar-refractivity contribution >= 4 is 23.5 Å². The van der Waals surface area contributed by atoms with Crippen molar-refractivity contribution in [2.75, 3.05) is 4.90 Å². The molecule has 2 fully saturated rings. The van der Waals surface area contributed by atoms with Crippen LogP contribution >= 0.6 is 0 Å². The highest BCUT2D eigenvalue weighted by molar-refractivity contribution is 6.26. The summed E-state index contributed by atoms with van der Waals surface area (Å²) in [7, 11) is 0. The third-order valence-corrected chi connectivity index (χ3v) is 4.17. The first kappa shape index (κ1) is 13.8. The van der Waals surface area contributed by atoms with Gasteiger partial charge in [0.05, 0.1) is 5.69 Å². The van der Waals surface area contributed by atoms with Gasteiger partial charge in [-0.3, -0.25) is 14.5 Å². The summed E-state index contributed by atoms with van der Waals surface area (Å²) < 4.78 is 0. The Morgan fingerprint density at radius 1 is 0.857 bits per heavy atom. The standard InChI is InChI=1S/C16H18N2O3/c19-14-11-15(20)18(13-9-5-2-6-10-13)16(21)17(14)12-7-3-1-4-8-12/h1,3-4,7-8,13H,2,5-6,9-11H2. The molecule has 0 unspecified atom stereocenters. The van der Waals surface area contributed by atoms with Crippen LogP contribution in [0.3, 0.4) is 0 Å². The molecule has 1 saturated carbocycles.